The highest BCUT2D eigenvalue weighted by atomic mass is 32.4. The highest BCUT2D eigenvalue weighted by Crippen LogP contribution is 2.55. The van der Waals surface area contributed by atoms with Crippen LogP contribution in [0.5, 0.6) is 0 Å². The zero-order valence-corrected chi connectivity index (χ0v) is 20.4. The fourth-order valence-corrected chi connectivity index (χ4v) is 9.79. The lowest BCUT2D eigenvalue weighted by molar-refractivity contribution is 0.347. The molecule has 0 aromatic heterocycles. The molecule has 2 atom stereocenters. The molecule has 0 aromatic rings. The van der Waals surface area contributed by atoms with Crippen LogP contribution in [0.1, 0.15) is 81.1 Å². The van der Waals surface area contributed by atoms with Gasteiger partial charge in [-0.15, -0.1) is 0 Å². The van der Waals surface area contributed by atoms with Crippen LogP contribution in [0.3, 0.4) is 0 Å². The van der Waals surface area contributed by atoms with E-state index in [0.717, 1.165) is 0 Å². The van der Waals surface area contributed by atoms with Gasteiger partial charge >= 0.3 is 0 Å². The summed E-state index contributed by atoms with van der Waals surface area (Å²) in [4.78, 5) is 0. The molecule has 6 heteroatoms. The lowest BCUT2D eigenvalue weighted by Crippen LogP contribution is -2.50. The Hall–Kier alpha value is 1.22. The van der Waals surface area contributed by atoms with Gasteiger partial charge in [0.1, 0.15) is 0 Å². The number of hydrogen-bond acceptors (Lipinski definition) is 2. The normalized spacial score (nSPS) is 23.7. The van der Waals surface area contributed by atoms with Crippen molar-refractivity contribution in [2.24, 2.45) is 0 Å². The maximum absolute atomic E-state index is 6.18. The van der Waals surface area contributed by atoms with Gasteiger partial charge < -0.3 is 0 Å². The molecule has 0 spiro atoms. The van der Waals surface area contributed by atoms with Crippen LogP contribution in [0.25, 0.3) is 0 Å². The molecular weight excluding hydrogens is 370 g/mol. The smallest absolute Gasteiger partial charge is 0.0267 e. The van der Waals surface area contributed by atoms with Crippen molar-refractivity contribution in [2.75, 3.05) is 0 Å². The van der Waals surface area contributed by atoms with Crippen molar-refractivity contribution in [1.82, 2.24) is 10.2 Å². The first-order chi connectivity index (χ1) is 10.9. The maximum Gasteiger partial charge on any atom is 0.0267 e. The zero-order chi connectivity index (χ0) is 18.7. The van der Waals surface area contributed by atoms with Gasteiger partial charge in [-0.2, -0.15) is 0 Å². The van der Waals surface area contributed by atoms with Crippen LogP contribution in [-0.4, -0.2) is 34.7 Å². The quantitative estimate of drug-likeness (QED) is 0.487. The molecule has 1 aliphatic rings. The minimum absolute atomic E-state index is 0.495. The van der Waals surface area contributed by atoms with Gasteiger partial charge in [-0.25, -0.2) is 0 Å². The summed E-state index contributed by atoms with van der Waals surface area (Å²) >= 11 is 12.4. The van der Waals surface area contributed by atoms with E-state index in [1.165, 1.54) is 25.7 Å². The molecular formula is C18H40N2P2S2. The first kappa shape index (κ1) is 23.3. The van der Waals surface area contributed by atoms with E-state index in [1.54, 1.807) is 0 Å². The second-order valence-electron chi connectivity index (χ2n) is 8.55. The second-order valence-corrected chi connectivity index (χ2v) is 19.7. The van der Waals surface area contributed by atoms with Crippen LogP contribution in [0.2, 0.25) is 0 Å². The molecule has 0 saturated heterocycles. The van der Waals surface area contributed by atoms with E-state index in [1.807, 2.05) is 0 Å². The summed E-state index contributed by atoms with van der Waals surface area (Å²) in [6, 6.07) is 0.989. The molecule has 1 saturated carbocycles. The largest absolute Gasteiger partial charge is 0.284 e. The first-order valence-electron chi connectivity index (χ1n) is 9.69. The van der Waals surface area contributed by atoms with E-state index in [0.29, 0.717) is 34.7 Å². The minimum Gasteiger partial charge on any atom is -0.284 e. The Morgan fingerprint density at radius 2 is 0.875 bits per heavy atom. The molecule has 0 heterocycles. The van der Waals surface area contributed by atoms with Crippen LogP contribution in [0.4, 0.5) is 0 Å². The van der Waals surface area contributed by atoms with Crippen molar-refractivity contribution in [3.63, 3.8) is 0 Å². The molecule has 0 unspecified atom stereocenters. The Labute approximate surface area is 161 Å². The highest BCUT2D eigenvalue weighted by molar-refractivity contribution is 8.14. The summed E-state index contributed by atoms with van der Waals surface area (Å²) in [5, 5.41) is 8.03. The third-order valence-corrected chi connectivity index (χ3v) is 18.9. The zero-order valence-electron chi connectivity index (χ0n) is 17.0. The Balaban J connectivity index is 3.01. The second kappa shape index (κ2) is 9.43. The topological polar surface area (TPSA) is 24.1 Å². The molecule has 0 aromatic carbocycles. The minimum atomic E-state index is -1.56. The Morgan fingerprint density at radius 3 is 1.08 bits per heavy atom. The van der Waals surface area contributed by atoms with Crippen LogP contribution in [-0.2, 0) is 23.6 Å². The van der Waals surface area contributed by atoms with Crippen molar-refractivity contribution < 1.29 is 0 Å². The summed E-state index contributed by atoms with van der Waals surface area (Å²) in [7, 11) is 0. The van der Waals surface area contributed by atoms with Crippen molar-refractivity contribution in [3.05, 3.63) is 0 Å². The Bertz CT molecular complexity index is 421. The molecule has 1 aliphatic carbocycles. The fraction of sp³-hybridized carbons (Fsp3) is 1.00. The average molecular weight is 411 g/mol. The van der Waals surface area contributed by atoms with Crippen LogP contribution in [0, 0.1) is 0 Å². The van der Waals surface area contributed by atoms with Crippen molar-refractivity contribution in [3.8, 4) is 0 Å². The maximum atomic E-state index is 6.18. The molecule has 1 fully saturated rings. The molecule has 0 bridgehead atoms. The third-order valence-electron chi connectivity index (χ3n) is 5.57. The van der Waals surface area contributed by atoms with Gasteiger partial charge in [0.2, 0.25) is 0 Å². The van der Waals surface area contributed by atoms with Gasteiger partial charge in [0.25, 0.3) is 0 Å². The number of nitrogens with one attached hydrogen (secondary N) is 2. The predicted molar refractivity (Wildman–Crippen MR) is 121 cm³/mol. The van der Waals surface area contributed by atoms with Crippen molar-refractivity contribution in [2.45, 2.75) is 116 Å². The summed E-state index contributed by atoms with van der Waals surface area (Å²) in [6.45, 7) is 18.4. The third kappa shape index (κ3) is 5.37. The van der Waals surface area contributed by atoms with Gasteiger partial charge in [0.15, 0.2) is 0 Å². The van der Waals surface area contributed by atoms with E-state index >= 15 is 0 Å². The monoisotopic (exact) mass is 410 g/mol. The van der Waals surface area contributed by atoms with Gasteiger partial charge in [-0.1, -0.05) is 91.8 Å². The van der Waals surface area contributed by atoms with Gasteiger partial charge in [0, 0.05) is 24.5 Å². The SMILES string of the molecule is CC(C)P(=S)(N[C@@H]1CCCC[C@H]1NP(=S)(C(C)C)C(C)C)C(C)C. The molecule has 24 heavy (non-hydrogen) atoms. The molecule has 144 valence electrons. The molecule has 2 N–H and O–H groups in total. The van der Waals surface area contributed by atoms with E-state index < -0.39 is 12.4 Å². The average Bonchev–Trinajstić information content (AvgIpc) is 2.48. The number of hydrogen-bond donors (Lipinski definition) is 2. The summed E-state index contributed by atoms with van der Waals surface area (Å²) in [6.07, 6.45) is 1.98. The molecule has 1 rings (SSSR count). The van der Waals surface area contributed by atoms with E-state index in [9.17, 15) is 0 Å². The van der Waals surface area contributed by atoms with Crippen LogP contribution < -0.4 is 10.2 Å². The summed E-state index contributed by atoms with van der Waals surface area (Å²) in [5.41, 5.74) is 2.20. The van der Waals surface area contributed by atoms with Crippen molar-refractivity contribution in [1.29, 1.82) is 0 Å². The van der Waals surface area contributed by atoms with E-state index in [-0.39, 0.29) is 0 Å². The lowest BCUT2D eigenvalue weighted by Gasteiger charge is -2.44. The van der Waals surface area contributed by atoms with Gasteiger partial charge in [-0.3, -0.25) is 10.2 Å². The lowest BCUT2D eigenvalue weighted by atomic mass is 9.92. The van der Waals surface area contributed by atoms with Crippen molar-refractivity contribution >= 4 is 36.0 Å². The number of rotatable bonds is 8. The van der Waals surface area contributed by atoms with Crippen LogP contribution >= 0.6 is 12.4 Å². The fourth-order valence-electron chi connectivity index (χ4n) is 3.75. The standard InChI is InChI=1S/C18H40N2P2S2/c1-13(2)21(23,14(3)4)19-17-11-9-10-12-18(17)20-22(24,15(5)6)16(7)8/h13-18H,9-12H2,1-8H3,(H,19,23)(H,20,24)/t17-,18-/m1/s1. The molecule has 0 amide bonds. The van der Waals surface area contributed by atoms with E-state index in [2.05, 4.69) is 65.6 Å². The molecule has 2 nitrogen and oxygen atoms in total. The predicted octanol–water partition coefficient (Wildman–Crippen LogP) is 5.90. The highest BCUT2D eigenvalue weighted by Gasteiger charge is 2.36. The van der Waals surface area contributed by atoms with Gasteiger partial charge in [0.05, 0.1) is 0 Å². The molecule has 0 aliphatic heterocycles. The van der Waals surface area contributed by atoms with E-state index in [4.69, 9.17) is 23.6 Å². The van der Waals surface area contributed by atoms with Gasteiger partial charge in [-0.05, 0) is 35.5 Å². The Morgan fingerprint density at radius 1 is 0.625 bits per heavy atom. The Kier molecular flexibility index (Phi) is 9.14. The first-order valence-corrected chi connectivity index (χ1v) is 15.6. The van der Waals surface area contributed by atoms with Crippen LogP contribution in [0.15, 0.2) is 0 Å². The summed E-state index contributed by atoms with van der Waals surface area (Å²) < 4.78 is 0. The summed E-state index contributed by atoms with van der Waals surface area (Å²) in [5.74, 6) is 0. The molecule has 0 radical (unpaired) electrons.